The standard InChI is InChI=1S/C19H23N/c1-15(2)17-11-12-18(13-17)19(14-20-3)10-9-16-7-5-4-6-8-16/h4-8,10-12,14-15H,9,13H2,1-3H3/b19-10+,20-14?. The molecule has 0 spiro atoms. The first-order valence-corrected chi connectivity index (χ1v) is 7.27. The molecule has 0 amide bonds. The van der Waals surface area contributed by atoms with Gasteiger partial charge in [-0.3, -0.25) is 4.99 Å². The van der Waals surface area contributed by atoms with Gasteiger partial charge in [0.15, 0.2) is 0 Å². The monoisotopic (exact) mass is 265 g/mol. The van der Waals surface area contributed by atoms with Crippen molar-refractivity contribution in [1.82, 2.24) is 0 Å². The van der Waals surface area contributed by atoms with Gasteiger partial charge < -0.3 is 0 Å². The lowest BCUT2D eigenvalue weighted by atomic mass is 9.96. The van der Waals surface area contributed by atoms with Crippen LogP contribution in [0.4, 0.5) is 0 Å². The highest BCUT2D eigenvalue weighted by Crippen LogP contribution is 2.29. The molecule has 0 fully saturated rings. The van der Waals surface area contributed by atoms with Gasteiger partial charge in [0.25, 0.3) is 0 Å². The molecule has 0 saturated heterocycles. The largest absolute Gasteiger partial charge is 0.296 e. The van der Waals surface area contributed by atoms with Gasteiger partial charge >= 0.3 is 0 Å². The molecule has 20 heavy (non-hydrogen) atoms. The number of rotatable bonds is 5. The predicted molar refractivity (Wildman–Crippen MR) is 88.3 cm³/mol. The lowest BCUT2D eigenvalue weighted by Gasteiger charge is -2.09. The van der Waals surface area contributed by atoms with Crippen LogP contribution in [0.2, 0.25) is 0 Å². The quantitative estimate of drug-likeness (QED) is 0.680. The van der Waals surface area contributed by atoms with Crippen LogP contribution in [-0.4, -0.2) is 13.3 Å². The molecule has 1 aromatic carbocycles. The molecular formula is C19H23N. The van der Waals surface area contributed by atoms with Gasteiger partial charge in [-0.1, -0.05) is 68.0 Å². The molecule has 1 aromatic rings. The van der Waals surface area contributed by atoms with Crippen molar-refractivity contribution in [1.29, 1.82) is 0 Å². The minimum absolute atomic E-state index is 0.623. The van der Waals surface area contributed by atoms with E-state index in [0.717, 1.165) is 12.8 Å². The van der Waals surface area contributed by atoms with E-state index in [2.05, 4.69) is 67.4 Å². The molecule has 0 aromatic heterocycles. The fourth-order valence-electron chi connectivity index (χ4n) is 2.39. The highest BCUT2D eigenvalue weighted by Gasteiger charge is 2.13. The molecule has 0 saturated carbocycles. The zero-order valence-corrected chi connectivity index (χ0v) is 12.6. The summed E-state index contributed by atoms with van der Waals surface area (Å²) < 4.78 is 0. The maximum absolute atomic E-state index is 4.21. The molecule has 0 heterocycles. The Hall–Kier alpha value is -1.89. The first kappa shape index (κ1) is 14.5. The number of hydrogen-bond acceptors (Lipinski definition) is 1. The Morgan fingerprint density at radius 3 is 2.55 bits per heavy atom. The SMILES string of the molecule is CN=C/C(=C\Cc1ccccc1)C1=CC=C(C(C)C)C1. The van der Waals surface area contributed by atoms with Gasteiger partial charge in [0.1, 0.15) is 0 Å². The molecule has 0 atom stereocenters. The predicted octanol–water partition coefficient (Wildman–Crippen LogP) is 4.77. The van der Waals surface area contributed by atoms with Gasteiger partial charge in [-0.2, -0.15) is 0 Å². The molecule has 1 aliphatic carbocycles. The molecule has 1 heteroatoms. The van der Waals surface area contributed by atoms with Crippen molar-refractivity contribution in [3.05, 3.63) is 70.8 Å². The summed E-state index contributed by atoms with van der Waals surface area (Å²) in [6.07, 6.45) is 10.8. The van der Waals surface area contributed by atoms with Crippen molar-refractivity contribution in [2.24, 2.45) is 10.9 Å². The van der Waals surface area contributed by atoms with E-state index in [1.54, 1.807) is 0 Å². The maximum atomic E-state index is 4.21. The van der Waals surface area contributed by atoms with Crippen LogP contribution in [0.25, 0.3) is 0 Å². The summed E-state index contributed by atoms with van der Waals surface area (Å²) in [6, 6.07) is 10.6. The zero-order valence-electron chi connectivity index (χ0n) is 12.6. The van der Waals surface area contributed by atoms with Gasteiger partial charge in [0.05, 0.1) is 0 Å². The minimum Gasteiger partial charge on any atom is -0.296 e. The van der Waals surface area contributed by atoms with Crippen molar-refractivity contribution >= 4 is 6.21 Å². The van der Waals surface area contributed by atoms with E-state index in [-0.39, 0.29) is 0 Å². The highest BCUT2D eigenvalue weighted by atomic mass is 14.6. The maximum Gasteiger partial charge on any atom is 0.0281 e. The molecule has 0 N–H and O–H groups in total. The summed E-state index contributed by atoms with van der Waals surface area (Å²) in [5.41, 5.74) is 5.48. The smallest absolute Gasteiger partial charge is 0.0281 e. The van der Waals surface area contributed by atoms with Crippen LogP contribution in [-0.2, 0) is 6.42 Å². The second-order valence-electron chi connectivity index (χ2n) is 5.50. The number of hydrogen-bond donors (Lipinski definition) is 0. The molecule has 2 rings (SSSR count). The first-order valence-electron chi connectivity index (χ1n) is 7.27. The Labute approximate surface area is 122 Å². The van der Waals surface area contributed by atoms with E-state index in [1.165, 1.54) is 22.3 Å². The Kier molecular flexibility index (Phi) is 5.11. The van der Waals surface area contributed by atoms with E-state index in [9.17, 15) is 0 Å². The molecule has 0 bridgehead atoms. The van der Waals surface area contributed by atoms with E-state index in [4.69, 9.17) is 0 Å². The van der Waals surface area contributed by atoms with Gasteiger partial charge in [-0.05, 0) is 35.5 Å². The molecule has 104 valence electrons. The molecule has 1 nitrogen and oxygen atoms in total. The minimum atomic E-state index is 0.623. The van der Waals surface area contributed by atoms with Crippen molar-refractivity contribution in [3.8, 4) is 0 Å². The van der Waals surface area contributed by atoms with Crippen LogP contribution in [0.3, 0.4) is 0 Å². The number of benzene rings is 1. The average Bonchev–Trinajstić information content (AvgIpc) is 2.94. The van der Waals surface area contributed by atoms with Crippen LogP contribution in [0.15, 0.2) is 70.3 Å². The van der Waals surface area contributed by atoms with Gasteiger partial charge in [0, 0.05) is 13.3 Å². The molecule has 0 radical (unpaired) electrons. The lowest BCUT2D eigenvalue weighted by molar-refractivity contribution is 0.748. The third-order valence-corrected chi connectivity index (χ3v) is 3.67. The van der Waals surface area contributed by atoms with Crippen molar-refractivity contribution in [2.45, 2.75) is 26.7 Å². The van der Waals surface area contributed by atoms with Crippen LogP contribution in [0, 0.1) is 5.92 Å². The normalized spacial score (nSPS) is 15.9. The van der Waals surface area contributed by atoms with Crippen LogP contribution >= 0.6 is 0 Å². The van der Waals surface area contributed by atoms with Gasteiger partial charge in [-0.25, -0.2) is 0 Å². The molecule has 0 aliphatic heterocycles. The molecular weight excluding hydrogens is 242 g/mol. The second kappa shape index (κ2) is 7.04. The summed E-state index contributed by atoms with van der Waals surface area (Å²) in [4.78, 5) is 4.21. The molecule has 0 unspecified atom stereocenters. The van der Waals surface area contributed by atoms with Crippen molar-refractivity contribution < 1.29 is 0 Å². The highest BCUT2D eigenvalue weighted by molar-refractivity contribution is 5.85. The summed E-state index contributed by atoms with van der Waals surface area (Å²) in [6.45, 7) is 4.51. The van der Waals surface area contributed by atoms with E-state index < -0.39 is 0 Å². The van der Waals surface area contributed by atoms with Crippen LogP contribution < -0.4 is 0 Å². The summed E-state index contributed by atoms with van der Waals surface area (Å²) in [5, 5.41) is 0. The molecule has 1 aliphatic rings. The summed E-state index contributed by atoms with van der Waals surface area (Å²) in [5.74, 6) is 0.623. The topological polar surface area (TPSA) is 12.4 Å². The van der Waals surface area contributed by atoms with E-state index in [1.807, 2.05) is 13.3 Å². The van der Waals surface area contributed by atoms with E-state index >= 15 is 0 Å². The number of allylic oxidation sites excluding steroid dienone is 6. The second-order valence-corrected chi connectivity index (χ2v) is 5.50. The van der Waals surface area contributed by atoms with Crippen molar-refractivity contribution in [3.63, 3.8) is 0 Å². The zero-order chi connectivity index (χ0) is 14.4. The average molecular weight is 265 g/mol. The Morgan fingerprint density at radius 2 is 1.95 bits per heavy atom. The fourth-order valence-corrected chi connectivity index (χ4v) is 2.39. The lowest BCUT2D eigenvalue weighted by Crippen LogP contribution is -1.96. The van der Waals surface area contributed by atoms with Crippen molar-refractivity contribution in [2.75, 3.05) is 7.05 Å². The third kappa shape index (κ3) is 3.80. The Bertz CT molecular complexity index is 557. The first-order chi connectivity index (χ1) is 9.70. The van der Waals surface area contributed by atoms with Gasteiger partial charge in [-0.15, -0.1) is 0 Å². The van der Waals surface area contributed by atoms with Crippen LogP contribution in [0.5, 0.6) is 0 Å². The summed E-state index contributed by atoms with van der Waals surface area (Å²) >= 11 is 0. The number of aliphatic imine (C=N–C) groups is 1. The summed E-state index contributed by atoms with van der Waals surface area (Å²) in [7, 11) is 1.84. The van der Waals surface area contributed by atoms with Gasteiger partial charge in [0.2, 0.25) is 0 Å². The van der Waals surface area contributed by atoms with Crippen LogP contribution in [0.1, 0.15) is 25.8 Å². The number of nitrogens with zero attached hydrogens (tertiary/aromatic N) is 1. The third-order valence-electron chi connectivity index (χ3n) is 3.67. The Balaban J connectivity index is 2.09. The Morgan fingerprint density at radius 1 is 1.20 bits per heavy atom. The van der Waals surface area contributed by atoms with E-state index in [0.29, 0.717) is 5.92 Å². The fraction of sp³-hybridized carbons (Fsp3) is 0.316.